The predicted octanol–water partition coefficient (Wildman–Crippen LogP) is 1.82. The second-order valence-electron chi connectivity index (χ2n) is 6.45. The number of hydrogen-bond donors (Lipinski definition) is 1. The van der Waals surface area contributed by atoms with Crippen LogP contribution in [-0.4, -0.2) is 48.9 Å². The van der Waals surface area contributed by atoms with Crippen LogP contribution >= 0.6 is 0 Å². The molecule has 0 amide bonds. The van der Waals surface area contributed by atoms with Gasteiger partial charge in [0.2, 0.25) is 0 Å². The standard InChI is InChI=1S/C18H17N5O3S/c24-27(25,17-6-1-3-14-18(17)21-26-20-14)23-10-7-13-15(4-2-5-16(13)23)22-11-8-19-9-12-22/h1-7,10,19H,8-9,11-12H2. The molecule has 0 unspecified atom stereocenters. The second kappa shape index (κ2) is 6.07. The van der Waals surface area contributed by atoms with Gasteiger partial charge in [0.05, 0.1) is 5.52 Å². The minimum atomic E-state index is -3.84. The predicted molar refractivity (Wildman–Crippen MR) is 101 cm³/mol. The summed E-state index contributed by atoms with van der Waals surface area (Å²) in [4.78, 5) is 2.35. The molecule has 1 saturated heterocycles. The van der Waals surface area contributed by atoms with Gasteiger partial charge < -0.3 is 10.2 Å². The van der Waals surface area contributed by atoms with Crippen LogP contribution in [-0.2, 0) is 10.0 Å². The van der Waals surface area contributed by atoms with Crippen molar-refractivity contribution < 1.29 is 13.0 Å². The van der Waals surface area contributed by atoms with Gasteiger partial charge in [-0.25, -0.2) is 17.0 Å². The maximum Gasteiger partial charge on any atom is 0.270 e. The minimum Gasteiger partial charge on any atom is -0.368 e. The maximum atomic E-state index is 13.3. The molecule has 1 aliphatic heterocycles. The first-order valence-electron chi connectivity index (χ1n) is 8.69. The van der Waals surface area contributed by atoms with E-state index in [-0.39, 0.29) is 10.4 Å². The van der Waals surface area contributed by atoms with Crippen molar-refractivity contribution in [1.29, 1.82) is 0 Å². The highest BCUT2D eigenvalue weighted by atomic mass is 32.2. The first kappa shape index (κ1) is 16.3. The van der Waals surface area contributed by atoms with Crippen molar-refractivity contribution >= 4 is 37.6 Å². The molecule has 2 aromatic heterocycles. The quantitative estimate of drug-likeness (QED) is 0.577. The van der Waals surface area contributed by atoms with E-state index in [0.717, 1.165) is 37.3 Å². The largest absolute Gasteiger partial charge is 0.368 e. The van der Waals surface area contributed by atoms with E-state index in [1.165, 1.54) is 10.0 Å². The van der Waals surface area contributed by atoms with Gasteiger partial charge in [-0.05, 0) is 40.6 Å². The summed E-state index contributed by atoms with van der Waals surface area (Å²) in [6, 6.07) is 12.4. The summed E-state index contributed by atoms with van der Waals surface area (Å²) in [5.41, 5.74) is 2.33. The molecule has 2 aromatic carbocycles. The Kier molecular flexibility index (Phi) is 3.66. The third kappa shape index (κ3) is 2.50. The number of aromatic nitrogens is 3. The Morgan fingerprint density at radius 1 is 1.00 bits per heavy atom. The van der Waals surface area contributed by atoms with Crippen LogP contribution in [0.2, 0.25) is 0 Å². The van der Waals surface area contributed by atoms with Crippen molar-refractivity contribution in [1.82, 2.24) is 19.6 Å². The monoisotopic (exact) mass is 383 g/mol. The summed E-state index contributed by atoms with van der Waals surface area (Å²) in [5.74, 6) is 0. The lowest BCUT2D eigenvalue weighted by Gasteiger charge is -2.30. The normalized spacial score (nSPS) is 15.6. The third-order valence-electron chi connectivity index (χ3n) is 4.92. The summed E-state index contributed by atoms with van der Waals surface area (Å²) in [6.45, 7) is 3.61. The summed E-state index contributed by atoms with van der Waals surface area (Å²) < 4.78 is 32.7. The van der Waals surface area contributed by atoms with Crippen LogP contribution in [0.15, 0.2) is 58.2 Å². The molecule has 0 spiro atoms. The van der Waals surface area contributed by atoms with Crippen molar-refractivity contribution in [2.75, 3.05) is 31.1 Å². The lowest BCUT2D eigenvalue weighted by molar-refractivity contribution is 0.315. The van der Waals surface area contributed by atoms with Crippen LogP contribution in [0.1, 0.15) is 0 Å². The molecule has 0 radical (unpaired) electrons. The number of rotatable bonds is 3. The van der Waals surface area contributed by atoms with E-state index in [9.17, 15) is 8.42 Å². The first-order valence-corrected chi connectivity index (χ1v) is 10.1. The molecular weight excluding hydrogens is 366 g/mol. The first-order chi connectivity index (χ1) is 13.2. The average Bonchev–Trinajstić information content (AvgIpc) is 3.35. The Balaban J connectivity index is 1.68. The molecule has 1 fully saturated rings. The number of piperazine rings is 1. The zero-order valence-corrected chi connectivity index (χ0v) is 15.2. The molecular formula is C18H17N5O3S. The Morgan fingerprint density at radius 3 is 2.67 bits per heavy atom. The van der Waals surface area contributed by atoms with Gasteiger partial charge in [0.1, 0.15) is 10.4 Å². The maximum absolute atomic E-state index is 13.3. The van der Waals surface area contributed by atoms with Crippen molar-refractivity contribution in [2.24, 2.45) is 0 Å². The highest BCUT2D eigenvalue weighted by molar-refractivity contribution is 7.90. The summed E-state index contributed by atoms with van der Waals surface area (Å²) in [6.07, 6.45) is 1.60. The fraction of sp³-hybridized carbons (Fsp3) is 0.222. The van der Waals surface area contributed by atoms with Crippen LogP contribution in [0.3, 0.4) is 0 Å². The molecule has 0 atom stereocenters. The van der Waals surface area contributed by atoms with Gasteiger partial charge in [0.25, 0.3) is 10.0 Å². The molecule has 1 N–H and O–H groups in total. The number of nitrogens with zero attached hydrogens (tertiary/aromatic N) is 4. The van der Waals surface area contributed by atoms with Crippen LogP contribution in [0.5, 0.6) is 0 Å². The molecule has 0 bridgehead atoms. The van der Waals surface area contributed by atoms with E-state index in [2.05, 4.69) is 20.5 Å². The van der Waals surface area contributed by atoms with Crippen molar-refractivity contribution in [3.05, 3.63) is 48.7 Å². The number of anilines is 1. The van der Waals surface area contributed by atoms with Gasteiger partial charge in [0, 0.05) is 43.4 Å². The lowest BCUT2D eigenvalue weighted by Crippen LogP contribution is -2.43. The SMILES string of the molecule is O=S(=O)(c1cccc2nonc12)n1ccc2c(N3CCNCC3)cccc21. The zero-order chi connectivity index (χ0) is 18.4. The second-order valence-corrected chi connectivity index (χ2v) is 8.24. The fourth-order valence-corrected chi connectivity index (χ4v) is 5.10. The lowest BCUT2D eigenvalue weighted by atomic mass is 10.2. The summed E-state index contributed by atoms with van der Waals surface area (Å²) in [7, 11) is -3.84. The molecule has 9 heteroatoms. The van der Waals surface area contributed by atoms with Gasteiger partial charge >= 0.3 is 0 Å². The van der Waals surface area contributed by atoms with Gasteiger partial charge in [-0.3, -0.25) is 0 Å². The fourth-order valence-electron chi connectivity index (χ4n) is 3.61. The summed E-state index contributed by atoms with van der Waals surface area (Å²) in [5, 5.41) is 11.8. The van der Waals surface area contributed by atoms with Gasteiger partial charge in [-0.1, -0.05) is 12.1 Å². The molecule has 8 nitrogen and oxygen atoms in total. The molecule has 0 saturated carbocycles. The highest BCUT2D eigenvalue weighted by Gasteiger charge is 2.25. The van der Waals surface area contributed by atoms with Crippen molar-refractivity contribution in [2.45, 2.75) is 4.90 Å². The zero-order valence-electron chi connectivity index (χ0n) is 14.4. The topological polar surface area (TPSA) is 93.3 Å². The number of fused-ring (bicyclic) bond motifs is 2. The van der Waals surface area contributed by atoms with Crippen LogP contribution in [0.25, 0.3) is 21.9 Å². The molecule has 3 heterocycles. The van der Waals surface area contributed by atoms with Crippen molar-refractivity contribution in [3.8, 4) is 0 Å². The van der Waals surface area contributed by atoms with Crippen LogP contribution in [0, 0.1) is 0 Å². The Morgan fingerprint density at radius 2 is 1.81 bits per heavy atom. The van der Waals surface area contributed by atoms with E-state index >= 15 is 0 Å². The number of benzene rings is 2. The van der Waals surface area contributed by atoms with E-state index in [0.29, 0.717) is 11.0 Å². The molecule has 138 valence electrons. The highest BCUT2D eigenvalue weighted by Crippen LogP contribution is 2.31. The van der Waals surface area contributed by atoms with Gasteiger partial charge in [-0.15, -0.1) is 0 Å². The molecule has 1 aliphatic rings. The molecule has 5 rings (SSSR count). The molecule has 0 aliphatic carbocycles. The third-order valence-corrected chi connectivity index (χ3v) is 6.64. The average molecular weight is 383 g/mol. The van der Waals surface area contributed by atoms with E-state index in [4.69, 9.17) is 4.63 Å². The Labute approximate surface area is 155 Å². The van der Waals surface area contributed by atoms with E-state index in [1.807, 2.05) is 24.3 Å². The smallest absolute Gasteiger partial charge is 0.270 e. The Bertz CT molecular complexity index is 1240. The molecule has 4 aromatic rings. The van der Waals surface area contributed by atoms with Gasteiger partial charge in [0.15, 0.2) is 5.52 Å². The number of hydrogen-bond acceptors (Lipinski definition) is 7. The molecule has 27 heavy (non-hydrogen) atoms. The van der Waals surface area contributed by atoms with Crippen LogP contribution in [0.4, 0.5) is 5.69 Å². The Hall–Kier alpha value is -2.91. The van der Waals surface area contributed by atoms with Crippen LogP contribution < -0.4 is 10.2 Å². The van der Waals surface area contributed by atoms with Gasteiger partial charge in [-0.2, -0.15) is 0 Å². The summed E-state index contributed by atoms with van der Waals surface area (Å²) >= 11 is 0. The number of nitrogens with one attached hydrogen (secondary N) is 1. The van der Waals surface area contributed by atoms with E-state index in [1.54, 1.807) is 18.3 Å². The minimum absolute atomic E-state index is 0.0753. The van der Waals surface area contributed by atoms with Crippen molar-refractivity contribution in [3.63, 3.8) is 0 Å². The van der Waals surface area contributed by atoms with E-state index < -0.39 is 10.0 Å².